The Morgan fingerprint density at radius 3 is 2.61 bits per heavy atom. The summed E-state index contributed by atoms with van der Waals surface area (Å²) in [6, 6.07) is 3.48. The lowest BCUT2D eigenvalue weighted by atomic mass is 10.0. The number of aliphatic carboxylic acids is 1. The van der Waals surface area contributed by atoms with Crippen molar-refractivity contribution in [1.29, 1.82) is 0 Å². The first kappa shape index (κ1) is 17.7. The van der Waals surface area contributed by atoms with Gasteiger partial charge in [-0.25, -0.2) is 8.42 Å². The van der Waals surface area contributed by atoms with E-state index in [4.69, 9.17) is 4.74 Å². The number of rotatable bonds is 6. The van der Waals surface area contributed by atoms with Crippen LogP contribution in [0.3, 0.4) is 0 Å². The molecule has 1 aliphatic rings. The van der Waals surface area contributed by atoms with Crippen LogP contribution < -0.4 is 9.46 Å². The highest BCUT2D eigenvalue weighted by molar-refractivity contribution is 7.89. The maximum atomic E-state index is 12.5. The monoisotopic (exact) mass is 341 g/mol. The molecule has 0 aliphatic carbocycles. The normalized spacial score (nSPS) is 17.6. The Balaban J connectivity index is 2.25. The van der Waals surface area contributed by atoms with Gasteiger partial charge in [-0.2, -0.15) is 4.72 Å². The van der Waals surface area contributed by atoms with Crippen LogP contribution in [-0.4, -0.2) is 31.1 Å². The molecule has 0 fully saturated rings. The number of carboxylic acid groups (broad SMARTS) is 1. The molecule has 1 aromatic carbocycles. The Morgan fingerprint density at radius 2 is 2.04 bits per heavy atom. The molecule has 1 atom stereocenters. The van der Waals surface area contributed by atoms with Gasteiger partial charge < -0.3 is 9.84 Å². The Hall–Kier alpha value is -1.60. The molecule has 128 valence electrons. The first-order valence-corrected chi connectivity index (χ1v) is 9.05. The molecule has 0 amide bonds. The molecule has 1 heterocycles. The zero-order valence-corrected chi connectivity index (χ0v) is 14.6. The number of sulfonamides is 1. The molecule has 0 aromatic heterocycles. The highest BCUT2D eigenvalue weighted by Gasteiger charge is 2.32. The number of nitrogens with one attached hydrogen (secondary N) is 1. The third kappa shape index (κ3) is 4.23. The van der Waals surface area contributed by atoms with Crippen LogP contribution >= 0.6 is 0 Å². The van der Waals surface area contributed by atoms with Gasteiger partial charge in [0.05, 0.1) is 4.90 Å². The van der Waals surface area contributed by atoms with Crippen LogP contribution in [-0.2, 0) is 21.2 Å². The molecule has 2 rings (SSSR count). The average molecular weight is 341 g/mol. The topological polar surface area (TPSA) is 92.7 Å². The molecule has 6 nitrogen and oxygen atoms in total. The molecular formula is C16H23NO5S. The second-order valence-corrected chi connectivity index (χ2v) is 8.66. The third-order valence-electron chi connectivity index (χ3n) is 3.65. The van der Waals surface area contributed by atoms with E-state index in [0.717, 1.165) is 5.56 Å². The Morgan fingerprint density at radius 1 is 1.39 bits per heavy atom. The second kappa shape index (κ2) is 6.13. The predicted molar refractivity (Wildman–Crippen MR) is 86.1 cm³/mol. The fourth-order valence-electron chi connectivity index (χ4n) is 2.68. The molecule has 0 spiro atoms. The minimum absolute atomic E-state index is 0.0626. The van der Waals surface area contributed by atoms with Gasteiger partial charge in [0, 0.05) is 6.42 Å². The van der Waals surface area contributed by atoms with Crippen molar-refractivity contribution in [2.45, 2.75) is 57.1 Å². The van der Waals surface area contributed by atoms with E-state index in [1.165, 1.54) is 6.07 Å². The SMILES string of the molecule is CC(C)CC(NS(=O)(=O)c1ccc2c(c1)CC(C)(C)O2)C(=O)O. The lowest BCUT2D eigenvalue weighted by Crippen LogP contribution is -2.41. The molecule has 1 unspecified atom stereocenters. The van der Waals surface area contributed by atoms with Gasteiger partial charge in [-0.15, -0.1) is 0 Å². The number of hydrogen-bond acceptors (Lipinski definition) is 4. The summed E-state index contributed by atoms with van der Waals surface area (Å²) in [5, 5.41) is 9.21. The quantitative estimate of drug-likeness (QED) is 0.827. The van der Waals surface area contributed by atoms with Gasteiger partial charge in [0.25, 0.3) is 0 Å². The smallest absolute Gasteiger partial charge is 0.321 e. The first-order chi connectivity index (χ1) is 10.5. The summed E-state index contributed by atoms with van der Waals surface area (Å²) in [7, 11) is -3.90. The summed E-state index contributed by atoms with van der Waals surface area (Å²) in [5.74, 6) is -0.438. The largest absolute Gasteiger partial charge is 0.487 e. The molecule has 7 heteroatoms. The van der Waals surface area contributed by atoms with Crippen LogP contribution in [0.5, 0.6) is 5.75 Å². The van der Waals surface area contributed by atoms with Gasteiger partial charge in [0.15, 0.2) is 0 Å². The van der Waals surface area contributed by atoms with Gasteiger partial charge >= 0.3 is 5.97 Å². The van der Waals surface area contributed by atoms with E-state index in [1.807, 2.05) is 27.7 Å². The minimum atomic E-state index is -3.90. The average Bonchev–Trinajstić information content (AvgIpc) is 2.69. The lowest BCUT2D eigenvalue weighted by Gasteiger charge is -2.17. The van der Waals surface area contributed by atoms with E-state index >= 15 is 0 Å². The number of fused-ring (bicyclic) bond motifs is 1. The van der Waals surface area contributed by atoms with Gasteiger partial charge in [0.2, 0.25) is 10.0 Å². The van der Waals surface area contributed by atoms with Crippen LogP contribution in [0.25, 0.3) is 0 Å². The lowest BCUT2D eigenvalue weighted by molar-refractivity contribution is -0.139. The van der Waals surface area contributed by atoms with Crippen LogP contribution in [0.4, 0.5) is 0 Å². The van der Waals surface area contributed by atoms with E-state index < -0.39 is 22.0 Å². The molecule has 0 saturated carbocycles. The molecule has 0 bridgehead atoms. The molecule has 1 aliphatic heterocycles. The number of carboxylic acids is 1. The van der Waals surface area contributed by atoms with E-state index in [1.54, 1.807) is 12.1 Å². The molecule has 0 saturated heterocycles. The molecule has 1 aromatic rings. The van der Waals surface area contributed by atoms with Crippen molar-refractivity contribution in [3.8, 4) is 5.75 Å². The van der Waals surface area contributed by atoms with E-state index in [9.17, 15) is 18.3 Å². The maximum Gasteiger partial charge on any atom is 0.321 e. The Labute approximate surface area is 136 Å². The van der Waals surface area contributed by atoms with Crippen molar-refractivity contribution in [3.05, 3.63) is 23.8 Å². The molecule has 23 heavy (non-hydrogen) atoms. The van der Waals surface area contributed by atoms with Crippen LogP contribution in [0.2, 0.25) is 0 Å². The first-order valence-electron chi connectivity index (χ1n) is 7.57. The highest BCUT2D eigenvalue weighted by atomic mass is 32.2. The summed E-state index contributed by atoms with van der Waals surface area (Å²) < 4.78 is 33.0. The number of hydrogen-bond donors (Lipinski definition) is 2. The summed E-state index contributed by atoms with van der Waals surface area (Å²) >= 11 is 0. The van der Waals surface area contributed by atoms with Crippen molar-refractivity contribution in [2.75, 3.05) is 0 Å². The summed E-state index contributed by atoms with van der Waals surface area (Å²) in [6.07, 6.45) is 0.843. The van der Waals surface area contributed by atoms with Crippen molar-refractivity contribution in [3.63, 3.8) is 0 Å². The van der Waals surface area contributed by atoms with Crippen molar-refractivity contribution < 1.29 is 23.1 Å². The molecule has 0 radical (unpaired) electrons. The number of carbonyl (C=O) groups is 1. The standard InChI is InChI=1S/C16H23NO5S/c1-10(2)7-13(15(18)19)17-23(20,21)12-5-6-14-11(8-12)9-16(3,4)22-14/h5-6,8,10,13,17H,7,9H2,1-4H3,(H,18,19). The zero-order chi connectivity index (χ0) is 17.4. The minimum Gasteiger partial charge on any atom is -0.487 e. The third-order valence-corrected chi connectivity index (χ3v) is 5.12. The second-order valence-electron chi connectivity index (χ2n) is 6.95. The summed E-state index contributed by atoms with van der Waals surface area (Å²) in [6.45, 7) is 7.56. The molecule has 2 N–H and O–H groups in total. The van der Waals surface area contributed by atoms with Crippen molar-refractivity contribution in [1.82, 2.24) is 4.72 Å². The van der Waals surface area contributed by atoms with Gasteiger partial charge in [0.1, 0.15) is 17.4 Å². The zero-order valence-electron chi connectivity index (χ0n) is 13.8. The summed E-state index contributed by atoms with van der Waals surface area (Å²) in [4.78, 5) is 11.3. The van der Waals surface area contributed by atoms with Crippen molar-refractivity contribution in [2.24, 2.45) is 5.92 Å². The van der Waals surface area contributed by atoms with Crippen molar-refractivity contribution >= 4 is 16.0 Å². The van der Waals surface area contributed by atoms with E-state index in [2.05, 4.69) is 4.72 Å². The number of benzene rings is 1. The Bertz CT molecular complexity index is 709. The van der Waals surface area contributed by atoms with Gasteiger partial charge in [-0.3, -0.25) is 4.79 Å². The predicted octanol–water partition coefficient (Wildman–Crippen LogP) is 2.18. The van der Waals surface area contributed by atoms with Gasteiger partial charge in [-0.05, 0) is 49.9 Å². The van der Waals surface area contributed by atoms with Crippen LogP contribution in [0.15, 0.2) is 23.1 Å². The van der Waals surface area contributed by atoms with Gasteiger partial charge in [-0.1, -0.05) is 13.8 Å². The molecular weight excluding hydrogens is 318 g/mol. The maximum absolute atomic E-state index is 12.5. The van der Waals surface area contributed by atoms with Crippen LogP contribution in [0, 0.1) is 5.92 Å². The number of ether oxygens (including phenoxy) is 1. The van der Waals surface area contributed by atoms with Crippen LogP contribution in [0.1, 0.15) is 39.7 Å². The Kier molecular flexibility index (Phi) is 4.73. The fourth-order valence-corrected chi connectivity index (χ4v) is 3.93. The van der Waals surface area contributed by atoms with E-state index in [-0.39, 0.29) is 22.8 Å². The van der Waals surface area contributed by atoms with E-state index in [0.29, 0.717) is 12.2 Å². The highest BCUT2D eigenvalue weighted by Crippen LogP contribution is 2.36. The fraction of sp³-hybridized carbons (Fsp3) is 0.562. The summed E-state index contributed by atoms with van der Waals surface area (Å²) in [5.41, 5.74) is 0.452.